The van der Waals surface area contributed by atoms with Crippen LogP contribution in [-0.2, 0) is 6.42 Å². The zero-order valence-electron chi connectivity index (χ0n) is 7.85. The van der Waals surface area contributed by atoms with Gasteiger partial charge in [0, 0.05) is 5.02 Å². The molecule has 0 saturated carbocycles. The molecule has 0 N–H and O–H groups in total. The summed E-state index contributed by atoms with van der Waals surface area (Å²) in [5.41, 5.74) is 0.736. The van der Waals surface area contributed by atoms with E-state index in [2.05, 4.69) is 27.3 Å². The van der Waals surface area contributed by atoms with E-state index in [0.29, 0.717) is 11.4 Å². The molecule has 1 rings (SSSR count). The van der Waals surface area contributed by atoms with E-state index in [-0.39, 0.29) is 5.75 Å². The van der Waals surface area contributed by atoms with E-state index in [9.17, 15) is 8.78 Å². The summed E-state index contributed by atoms with van der Waals surface area (Å²) in [6.07, 6.45) is 1.62. The third-order valence-electron chi connectivity index (χ3n) is 1.82. The van der Waals surface area contributed by atoms with Crippen molar-refractivity contribution >= 4 is 34.2 Å². The van der Waals surface area contributed by atoms with Crippen molar-refractivity contribution in [3.8, 4) is 5.75 Å². The molecule has 0 amide bonds. The number of alkyl halides is 3. The lowest BCUT2D eigenvalue weighted by Gasteiger charge is -2.10. The summed E-state index contributed by atoms with van der Waals surface area (Å²) in [4.78, 5) is 0. The van der Waals surface area contributed by atoms with Crippen LogP contribution in [0.25, 0.3) is 0 Å². The molecule has 0 aliphatic heterocycles. The summed E-state index contributed by atoms with van der Waals surface area (Å²) in [5, 5.41) is 0.542. The highest BCUT2D eigenvalue weighted by Gasteiger charge is 2.09. The molecule has 0 bridgehead atoms. The minimum absolute atomic E-state index is 0.222. The number of hydrogen-bond donors (Lipinski definition) is 0. The molecule has 0 atom stereocenters. The Labute approximate surface area is 106 Å². The molecule has 1 aromatic rings. The standard InChI is InChI=1S/C10H10ClF2IO/c11-8-3-4-9(15-10(12)13)7(6-8)2-1-5-14/h3-4,6,10H,1-2,5H2. The minimum Gasteiger partial charge on any atom is -0.435 e. The summed E-state index contributed by atoms with van der Waals surface area (Å²) >= 11 is 8.03. The zero-order chi connectivity index (χ0) is 11.3. The number of ether oxygens (including phenoxy) is 1. The van der Waals surface area contributed by atoms with E-state index in [0.717, 1.165) is 16.4 Å². The third-order valence-corrected chi connectivity index (χ3v) is 2.82. The molecule has 0 saturated heterocycles. The summed E-state index contributed by atoms with van der Waals surface area (Å²) in [6, 6.07) is 4.70. The Kier molecular flexibility index (Phi) is 5.60. The molecule has 0 heterocycles. The zero-order valence-corrected chi connectivity index (χ0v) is 10.8. The minimum atomic E-state index is -2.79. The second kappa shape index (κ2) is 6.48. The van der Waals surface area contributed by atoms with E-state index < -0.39 is 6.61 Å². The maximum atomic E-state index is 12.1. The van der Waals surface area contributed by atoms with Gasteiger partial charge in [0.25, 0.3) is 0 Å². The van der Waals surface area contributed by atoms with Crippen molar-refractivity contribution in [3.05, 3.63) is 28.8 Å². The Hall–Kier alpha value is -0.100. The van der Waals surface area contributed by atoms with Crippen molar-refractivity contribution in [2.45, 2.75) is 19.5 Å². The van der Waals surface area contributed by atoms with Crippen molar-refractivity contribution < 1.29 is 13.5 Å². The highest BCUT2D eigenvalue weighted by molar-refractivity contribution is 14.1. The molecule has 0 unspecified atom stereocenters. The van der Waals surface area contributed by atoms with Crippen molar-refractivity contribution in [1.29, 1.82) is 0 Å². The molecule has 15 heavy (non-hydrogen) atoms. The van der Waals surface area contributed by atoms with E-state index >= 15 is 0 Å². The van der Waals surface area contributed by atoms with Gasteiger partial charge in [-0.1, -0.05) is 34.2 Å². The van der Waals surface area contributed by atoms with Crippen LogP contribution in [0.5, 0.6) is 5.75 Å². The lowest BCUT2D eigenvalue weighted by molar-refractivity contribution is -0.0504. The normalized spacial score (nSPS) is 10.7. The van der Waals surface area contributed by atoms with Crippen molar-refractivity contribution in [2.24, 2.45) is 0 Å². The maximum Gasteiger partial charge on any atom is 0.387 e. The highest BCUT2D eigenvalue weighted by atomic mass is 127. The largest absolute Gasteiger partial charge is 0.435 e. The number of hydrogen-bond acceptors (Lipinski definition) is 1. The molecule has 0 fully saturated rings. The van der Waals surface area contributed by atoms with Gasteiger partial charge in [0.1, 0.15) is 5.75 Å². The van der Waals surface area contributed by atoms with Gasteiger partial charge in [-0.05, 0) is 41.0 Å². The van der Waals surface area contributed by atoms with E-state index in [1.54, 1.807) is 12.1 Å². The van der Waals surface area contributed by atoms with Gasteiger partial charge < -0.3 is 4.74 Å². The van der Waals surface area contributed by atoms with Crippen LogP contribution in [0.4, 0.5) is 8.78 Å². The first kappa shape index (κ1) is 13.0. The predicted molar refractivity (Wildman–Crippen MR) is 65.3 cm³/mol. The average molecular weight is 347 g/mol. The fourth-order valence-electron chi connectivity index (χ4n) is 1.21. The molecule has 0 aliphatic rings. The van der Waals surface area contributed by atoms with Gasteiger partial charge in [-0.3, -0.25) is 0 Å². The van der Waals surface area contributed by atoms with Gasteiger partial charge >= 0.3 is 6.61 Å². The second-order valence-corrected chi connectivity index (χ2v) is 4.44. The van der Waals surface area contributed by atoms with Crippen LogP contribution in [0.15, 0.2) is 18.2 Å². The number of benzene rings is 1. The Morgan fingerprint density at radius 2 is 2.13 bits per heavy atom. The molecular weight excluding hydrogens is 336 g/mol. The molecule has 0 spiro atoms. The summed E-state index contributed by atoms with van der Waals surface area (Å²) in [5.74, 6) is 0.222. The summed E-state index contributed by atoms with van der Waals surface area (Å²) in [7, 11) is 0. The van der Waals surface area contributed by atoms with Crippen LogP contribution in [0.1, 0.15) is 12.0 Å². The highest BCUT2D eigenvalue weighted by Crippen LogP contribution is 2.25. The van der Waals surface area contributed by atoms with Crippen molar-refractivity contribution in [3.63, 3.8) is 0 Å². The van der Waals surface area contributed by atoms with Crippen LogP contribution in [-0.4, -0.2) is 11.0 Å². The summed E-state index contributed by atoms with van der Waals surface area (Å²) < 4.78 is 29.5. The van der Waals surface area contributed by atoms with Crippen LogP contribution in [0, 0.1) is 0 Å². The number of rotatable bonds is 5. The topological polar surface area (TPSA) is 9.23 Å². The molecule has 84 valence electrons. The van der Waals surface area contributed by atoms with Gasteiger partial charge in [-0.25, -0.2) is 0 Å². The molecule has 1 nitrogen and oxygen atoms in total. The van der Waals surface area contributed by atoms with Gasteiger partial charge in [0.05, 0.1) is 0 Å². The average Bonchev–Trinajstić information content (AvgIpc) is 2.18. The monoisotopic (exact) mass is 346 g/mol. The molecule has 1 aromatic carbocycles. The van der Waals surface area contributed by atoms with E-state index in [1.165, 1.54) is 6.07 Å². The fourth-order valence-corrected chi connectivity index (χ4v) is 1.79. The smallest absolute Gasteiger partial charge is 0.387 e. The SMILES string of the molecule is FC(F)Oc1ccc(Cl)cc1CCCI. The Bertz CT molecular complexity index is 320. The van der Waals surface area contributed by atoms with Gasteiger partial charge in [0.2, 0.25) is 0 Å². The maximum absolute atomic E-state index is 12.1. The van der Waals surface area contributed by atoms with Crippen molar-refractivity contribution in [1.82, 2.24) is 0 Å². The second-order valence-electron chi connectivity index (χ2n) is 2.92. The Balaban J connectivity index is 2.82. The Morgan fingerprint density at radius 1 is 1.40 bits per heavy atom. The first-order valence-corrected chi connectivity index (χ1v) is 6.33. The quantitative estimate of drug-likeness (QED) is 0.570. The van der Waals surface area contributed by atoms with Gasteiger partial charge in [-0.2, -0.15) is 8.78 Å². The molecule has 0 aromatic heterocycles. The lowest BCUT2D eigenvalue weighted by Crippen LogP contribution is -2.04. The molecule has 0 radical (unpaired) electrons. The lowest BCUT2D eigenvalue weighted by atomic mass is 10.1. The van der Waals surface area contributed by atoms with Crippen LogP contribution >= 0.6 is 34.2 Å². The van der Waals surface area contributed by atoms with E-state index in [4.69, 9.17) is 11.6 Å². The van der Waals surface area contributed by atoms with Crippen LogP contribution in [0.2, 0.25) is 5.02 Å². The first-order chi connectivity index (χ1) is 7.13. The molecule has 5 heteroatoms. The number of halogens is 4. The van der Waals surface area contributed by atoms with Crippen LogP contribution in [0.3, 0.4) is 0 Å². The Morgan fingerprint density at radius 3 is 2.73 bits per heavy atom. The molecule has 0 aliphatic carbocycles. The fraction of sp³-hybridized carbons (Fsp3) is 0.400. The summed E-state index contributed by atoms with van der Waals surface area (Å²) in [6.45, 7) is -2.79. The van der Waals surface area contributed by atoms with Crippen LogP contribution < -0.4 is 4.74 Å². The number of aryl methyl sites for hydroxylation is 1. The van der Waals surface area contributed by atoms with Crippen molar-refractivity contribution in [2.75, 3.05) is 4.43 Å². The van der Waals surface area contributed by atoms with Gasteiger partial charge in [0.15, 0.2) is 0 Å². The first-order valence-electron chi connectivity index (χ1n) is 4.42. The molecular formula is C10H10ClF2IO. The predicted octanol–water partition coefficient (Wildman–Crippen LogP) is 4.31. The van der Waals surface area contributed by atoms with Gasteiger partial charge in [-0.15, -0.1) is 0 Å². The van der Waals surface area contributed by atoms with E-state index in [1.807, 2.05) is 0 Å². The third kappa shape index (κ3) is 4.51.